The number of aliphatic carboxylic acids is 1. The second-order valence-electron chi connectivity index (χ2n) is 7.62. The van der Waals surface area contributed by atoms with Crippen LogP contribution in [-0.4, -0.2) is 34.2 Å². The van der Waals surface area contributed by atoms with Gasteiger partial charge >= 0.3 is 5.97 Å². The van der Waals surface area contributed by atoms with Crippen molar-refractivity contribution < 1.29 is 19.8 Å². The molecule has 0 aliphatic heterocycles. The van der Waals surface area contributed by atoms with E-state index in [1.807, 2.05) is 0 Å². The summed E-state index contributed by atoms with van der Waals surface area (Å²) in [5.41, 5.74) is -1.54. The number of carboxylic acid groups (broad SMARTS) is 1. The number of carbonyl (C=O) groups excluding carboxylic acids is 1. The van der Waals surface area contributed by atoms with Crippen LogP contribution in [0, 0.1) is 17.3 Å². The second kappa shape index (κ2) is 7.44. The summed E-state index contributed by atoms with van der Waals surface area (Å²) in [7, 11) is 0. The number of rotatable bonds is 7. The van der Waals surface area contributed by atoms with Gasteiger partial charge in [-0.1, -0.05) is 27.2 Å². The van der Waals surface area contributed by atoms with Crippen LogP contribution in [-0.2, 0) is 9.59 Å². The topological polar surface area (TPSA) is 86.6 Å². The van der Waals surface area contributed by atoms with Crippen LogP contribution >= 0.6 is 0 Å². The molecule has 1 aliphatic rings. The van der Waals surface area contributed by atoms with E-state index in [2.05, 4.69) is 26.1 Å². The summed E-state index contributed by atoms with van der Waals surface area (Å²) in [6.07, 6.45) is 6.02. The minimum absolute atomic E-state index is 0.167. The maximum atomic E-state index is 11.9. The molecule has 0 bridgehead atoms. The van der Waals surface area contributed by atoms with Crippen LogP contribution in [0.25, 0.3) is 0 Å². The minimum Gasteiger partial charge on any atom is -0.479 e. The Kier molecular flexibility index (Phi) is 6.41. The molecule has 22 heavy (non-hydrogen) atoms. The Morgan fingerprint density at radius 3 is 2.14 bits per heavy atom. The Morgan fingerprint density at radius 1 is 1.14 bits per heavy atom. The van der Waals surface area contributed by atoms with Gasteiger partial charge in [0.1, 0.15) is 0 Å². The van der Waals surface area contributed by atoms with E-state index in [1.165, 1.54) is 13.3 Å². The zero-order valence-electron chi connectivity index (χ0n) is 14.3. The highest BCUT2D eigenvalue weighted by molar-refractivity contribution is 5.80. The van der Waals surface area contributed by atoms with Crippen molar-refractivity contribution in [2.45, 2.75) is 71.8 Å². The first-order valence-electron chi connectivity index (χ1n) is 8.31. The summed E-state index contributed by atoms with van der Waals surface area (Å²) in [4.78, 5) is 22.7. The van der Waals surface area contributed by atoms with Gasteiger partial charge in [-0.2, -0.15) is 0 Å². The second-order valence-corrected chi connectivity index (χ2v) is 7.62. The molecule has 5 nitrogen and oxygen atoms in total. The smallest absolute Gasteiger partial charge is 0.337 e. The fourth-order valence-corrected chi connectivity index (χ4v) is 3.12. The first kappa shape index (κ1) is 18.9. The summed E-state index contributed by atoms with van der Waals surface area (Å²) >= 11 is 0. The van der Waals surface area contributed by atoms with E-state index in [0.717, 1.165) is 31.6 Å². The number of aliphatic hydroxyl groups is 1. The number of hydrogen-bond donors (Lipinski definition) is 3. The number of carboxylic acids is 1. The Labute approximate surface area is 133 Å². The average molecular weight is 313 g/mol. The molecular weight excluding hydrogens is 282 g/mol. The highest BCUT2D eigenvalue weighted by Gasteiger charge is 2.33. The van der Waals surface area contributed by atoms with E-state index >= 15 is 0 Å². The van der Waals surface area contributed by atoms with Gasteiger partial charge in [-0.15, -0.1) is 0 Å². The van der Waals surface area contributed by atoms with Gasteiger partial charge in [0.25, 0.3) is 0 Å². The van der Waals surface area contributed by atoms with Gasteiger partial charge in [0.05, 0.1) is 6.54 Å². The maximum absolute atomic E-state index is 11.9. The number of nitrogens with one attached hydrogen (secondary N) is 1. The number of hydrogen-bond acceptors (Lipinski definition) is 3. The molecular formula is C17H31NO4. The predicted octanol–water partition coefficient (Wildman–Crippen LogP) is 2.57. The van der Waals surface area contributed by atoms with E-state index < -0.39 is 11.6 Å². The summed E-state index contributed by atoms with van der Waals surface area (Å²) in [6.45, 7) is 7.80. The van der Waals surface area contributed by atoms with Gasteiger partial charge in [0.2, 0.25) is 5.91 Å². The van der Waals surface area contributed by atoms with Crippen molar-refractivity contribution >= 4 is 11.9 Å². The van der Waals surface area contributed by atoms with Crippen molar-refractivity contribution in [3.8, 4) is 0 Å². The van der Waals surface area contributed by atoms with Crippen molar-refractivity contribution in [1.82, 2.24) is 5.32 Å². The Hall–Kier alpha value is -1.10. The third-order valence-corrected chi connectivity index (χ3v) is 5.43. The zero-order chi connectivity index (χ0) is 17.0. The Bertz CT molecular complexity index is 395. The molecule has 0 radical (unpaired) electrons. The van der Waals surface area contributed by atoms with Crippen molar-refractivity contribution in [1.29, 1.82) is 0 Å². The number of amides is 1. The molecule has 0 heterocycles. The largest absolute Gasteiger partial charge is 0.479 e. The Balaban J connectivity index is 2.35. The molecule has 1 amide bonds. The minimum atomic E-state index is -1.90. The fraction of sp³-hybridized carbons (Fsp3) is 0.882. The lowest BCUT2D eigenvalue weighted by Crippen LogP contribution is -2.46. The monoisotopic (exact) mass is 313 g/mol. The van der Waals surface area contributed by atoms with Crippen LogP contribution < -0.4 is 5.32 Å². The highest BCUT2D eigenvalue weighted by atomic mass is 16.4. The molecule has 1 rings (SSSR count). The lowest BCUT2D eigenvalue weighted by Gasteiger charge is -2.38. The number of carbonyl (C=O) groups is 2. The SMILES string of the molecule is CCC(C)(C)C1CCC(CC(=O)NCC(C)(O)C(=O)O)CC1. The maximum Gasteiger partial charge on any atom is 0.337 e. The fourth-order valence-electron chi connectivity index (χ4n) is 3.12. The predicted molar refractivity (Wildman–Crippen MR) is 85.4 cm³/mol. The van der Waals surface area contributed by atoms with E-state index in [4.69, 9.17) is 5.11 Å². The third-order valence-electron chi connectivity index (χ3n) is 5.43. The lowest BCUT2D eigenvalue weighted by atomic mass is 9.67. The molecule has 0 aromatic rings. The normalized spacial score (nSPS) is 25.3. The van der Waals surface area contributed by atoms with Crippen LogP contribution in [0.15, 0.2) is 0 Å². The molecule has 1 fully saturated rings. The first-order chi connectivity index (χ1) is 10.1. The third kappa shape index (κ3) is 5.27. The molecule has 0 saturated heterocycles. The van der Waals surface area contributed by atoms with E-state index in [9.17, 15) is 14.7 Å². The first-order valence-corrected chi connectivity index (χ1v) is 8.31. The lowest BCUT2D eigenvalue weighted by molar-refractivity contribution is -0.156. The average Bonchev–Trinajstić information content (AvgIpc) is 2.45. The molecule has 1 saturated carbocycles. The van der Waals surface area contributed by atoms with Crippen LogP contribution in [0.5, 0.6) is 0 Å². The van der Waals surface area contributed by atoms with Gasteiger partial charge in [-0.3, -0.25) is 4.79 Å². The van der Waals surface area contributed by atoms with Crippen molar-refractivity contribution in [3.63, 3.8) is 0 Å². The van der Waals surface area contributed by atoms with E-state index in [-0.39, 0.29) is 12.5 Å². The van der Waals surface area contributed by atoms with Gasteiger partial charge in [0.15, 0.2) is 5.60 Å². The Morgan fingerprint density at radius 2 is 1.68 bits per heavy atom. The molecule has 0 aromatic heterocycles. The van der Waals surface area contributed by atoms with Crippen LogP contribution in [0.1, 0.15) is 66.2 Å². The molecule has 1 aliphatic carbocycles. The van der Waals surface area contributed by atoms with Crippen LogP contribution in [0.2, 0.25) is 0 Å². The summed E-state index contributed by atoms with van der Waals surface area (Å²) in [6, 6.07) is 0. The molecule has 0 spiro atoms. The molecule has 128 valence electrons. The zero-order valence-corrected chi connectivity index (χ0v) is 14.3. The van der Waals surface area contributed by atoms with Crippen molar-refractivity contribution in [2.75, 3.05) is 6.54 Å². The van der Waals surface area contributed by atoms with Crippen LogP contribution in [0.3, 0.4) is 0 Å². The van der Waals surface area contributed by atoms with Crippen molar-refractivity contribution in [2.24, 2.45) is 17.3 Å². The molecule has 3 N–H and O–H groups in total. The van der Waals surface area contributed by atoms with Gasteiger partial charge in [-0.25, -0.2) is 4.79 Å². The molecule has 1 atom stereocenters. The summed E-state index contributed by atoms with van der Waals surface area (Å²) in [5.74, 6) is -0.391. The van der Waals surface area contributed by atoms with E-state index in [0.29, 0.717) is 17.8 Å². The van der Waals surface area contributed by atoms with Gasteiger partial charge < -0.3 is 15.5 Å². The molecule has 1 unspecified atom stereocenters. The quantitative estimate of drug-likeness (QED) is 0.674. The standard InChI is InChI=1S/C17H31NO4/c1-5-16(2,3)13-8-6-12(7-9-13)10-14(19)18-11-17(4,22)15(20)21/h12-13,22H,5-11H2,1-4H3,(H,18,19)(H,20,21). The van der Waals surface area contributed by atoms with Crippen molar-refractivity contribution in [3.05, 3.63) is 0 Å². The highest BCUT2D eigenvalue weighted by Crippen LogP contribution is 2.42. The summed E-state index contributed by atoms with van der Waals surface area (Å²) < 4.78 is 0. The van der Waals surface area contributed by atoms with Gasteiger partial charge in [0, 0.05) is 6.42 Å². The van der Waals surface area contributed by atoms with Crippen LogP contribution in [0.4, 0.5) is 0 Å². The van der Waals surface area contributed by atoms with E-state index in [1.54, 1.807) is 0 Å². The molecule has 0 aromatic carbocycles. The van der Waals surface area contributed by atoms with Gasteiger partial charge in [-0.05, 0) is 49.9 Å². The molecule has 5 heteroatoms. The summed E-state index contributed by atoms with van der Waals surface area (Å²) in [5, 5.41) is 20.9.